The minimum absolute atomic E-state index is 0.123. The van der Waals surface area contributed by atoms with Crippen LogP contribution in [-0.2, 0) is 14.3 Å². The second-order valence-electron chi connectivity index (χ2n) is 4.13. The predicted octanol–water partition coefficient (Wildman–Crippen LogP) is -0.392. The molecular weight excluding hydrogens is 222 g/mol. The molecule has 1 amide bonds. The minimum atomic E-state index is -0.318. The second-order valence-corrected chi connectivity index (χ2v) is 4.13. The summed E-state index contributed by atoms with van der Waals surface area (Å²) in [4.78, 5) is 24.8. The molecule has 0 aromatic carbocycles. The summed E-state index contributed by atoms with van der Waals surface area (Å²) in [7, 11) is 2.06. The first-order chi connectivity index (χ1) is 8.11. The van der Waals surface area contributed by atoms with Gasteiger partial charge in [0.05, 0.1) is 13.0 Å². The second kappa shape index (κ2) is 7.24. The van der Waals surface area contributed by atoms with E-state index in [-0.39, 0.29) is 24.7 Å². The van der Waals surface area contributed by atoms with Gasteiger partial charge < -0.3 is 9.64 Å². The molecule has 1 aliphatic rings. The number of amides is 1. The minimum Gasteiger partial charge on any atom is -0.466 e. The number of carbonyl (C=O) groups is 2. The molecule has 0 aromatic rings. The molecule has 6 nitrogen and oxygen atoms in total. The van der Waals surface area contributed by atoms with E-state index in [4.69, 9.17) is 4.74 Å². The molecule has 0 spiro atoms. The fourth-order valence-corrected chi connectivity index (χ4v) is 1.60. The predicted molar refractivity (Wildman–Crippen MR) is 63.1 cm³/mol. The van der Waals surface area contributed by atoms with Crippen LogP contribution in [-0.4, -0.2) is 61.6 Å². The Kier molecular flexibility index (Phi) is 5.93. The Morgan fingerprint density at radius 2 is 1.82 bits per heavy atom. The zero-order valence-corrected chi connectivity index (χ0v) is 10.6. The van der Waals surface area contributed by atoms with Crippen molar-refractivity contribution in [3.8, 4) is 0 Å². The van der Waals surface area contributed by atoms with Crippen molar-refractivity contribution in [3.05, 3.63) is 0 Å². The summed E-state index contributed by atoms with van der Waals surface area (Å²) in [6.07, 6.45) is 0.332. The molecular formula is C11H21N3O3. The number of esters is 1. The Bertz CT molecular complexity index is 263. The third-order valence-electron chi connectivity index (χ3n) is 2.65. The fraction of sp³-hybridized carbons (Fsp3) is 0.818. The molecule has 0 saturated carbocycles. The lowest BCUT2D eigenvalue weighted by Gasteiger charge is -2.32. The summed E-state index contributed by atoms with van der Waals surface area (Å²) in [6, 6.07) is 0. The van der Waals surface area contributed by atoms with Gasteiger partial charge in [0.2, 0.25) is 5.91 Å². The van der Waals surface area contributed by atoms with Gasteiger partial charge in [-0.1, -0.05) is 0 Å². The quantitative estimate of drug-likeness (QED) is 0.666. The van der Waals surface area contributed by atoms with Crippen molar-refractivity contribution in [1.82, 2.24) is 15.3 Å². The molecule has 0 aliphatic carbocycles. The molecule has 1 rings (SSSR count). The lowest BCUT2D eigenvalue weighted by atomic mass is 10.3. The number of likely N-dealkylation sites (N-methyl/N-ethyl adjacent to an activating group) is 1. The molecule has 1 heterocycles. The van der Waals surface area contributed by atoms with Crippen LogP contribution in [0.5, 0.6) is 0 Å². The zero-order valence-electron chi connectivity index (χ0n) is 10.6. The number of hydrogen-bond acceptors (Lipinski definition) is 5. The van der Waals surface area contributed by atoms with Crippen LogP contribution < -0.4 is 5.43 Å². The number of piperazine rings is 1. The summed E-state index contributed by atoms with van der Waals surface area (Å²) in [5.41, 5.74) is 2.80. The van der Waals surface area contributed by atoms with Gasteiger partial charge in [0.15, 0.2) is 0 Å². The third kappa shape index (κ3) is 5.65. The van der Waals surface area contributed by atoms with E-state index in [2.05, 4.69) is 17.4 Å². The molecule has 17 heavy (non-hydrogen) atoms. The summed E-state index contributed by atoms with van der Waals surface area (Å²) in [5, 5.41) is 1.90. The Balaban J connectivity index is 2.14. The molecule has 0 aromatic heterocycles. The molecule has 98 valence electrons. The van der Waals surface area contributed by atoms with Gasteiger partial charge in [0.25, 0.3) is 0 Å². The monoisotopic (exact) mass is 243 g/mol. The van der Waals surface area contributed by atoms with Gasteiger partial charge in [0, 0.05) is 32.6 Å². The van der Waals surface area contributed by atoms with Crippen LogP contribution in [0, 0.1) is 0 Å². The van der Waals surface area contributed by atoms with Crippen LogP contribution in [0.1, 0.15) is 19.8 Å². The van der Waals surface area contributed by atoms with Crippen molar-refractivity contribution in [2.45, 2.75) is 19.8 Å². The molecule has 1 saturated heterocycles. The highest BCUT2D eigenvalue weighted by atomic mass is 16.5. The highest BCUT2D eigenvalue weighted by molar-refractivity contribution is 5.80. The van der Waals surface area contributed by atoms with E-state index in [0.717, 1.165) is 26.2 Å². The zero-order chi connectivity index (χ0) is 12.7. The number of nitrogens with zero attached hydrogens (tertiary/aromatic N) is 2. The lowest BCUT2D eigenvalue weighted by Crippen LogP contribution is -2.52. The molecule has 1 fully saturated rings. The van der Waals surface area contributed by atoms with Crippen LogP contribution in [0.15, 0.2) is 0 Å². The van der Waals surface area contributed by atoms with Crippen molar-refractivity contribution in [2.24, 2.45) is 0 Å². The van der Waals surface area contributed by atoms with E-state index in [1.807, 2.05) is 5.01 Å². The van der Waals surface area contributed by atoms with Crippen LogP contribution >= 0.6 is 0 Å². The first-order valence-corrected chi connectivity index (χ1v) is 6.00. The Morgan fingerprint density at radius 3 is 2.41 bits per heavy atom. The average molecular weight is 243 g/mol. The van der Waals surface area contributed by atoms with Gasteiger partial charge in [-0.15, -0.1) is 0 Å². The van der Waals surface area contributed by atoms with Crippen molar-refractivity contribution >= 4 is 11.9 Å². The van der Waals surface area contributed by atoms with Crippen molar-refractivity contribution in [2.75, 3.05) is 39.8 Å². The average Bonchev–Trinajstić information content (AvgIpc) is 2.30. The van der Waals surface area contributed by atoms with Gasteiger partial charge in [-0.3, -0.25) is 15.0 Å². The van der Waals surface area contributed by atoms with Gasteiger partial charge in [-0.2, -0.15) is 0 Å². The molecule has 0 atom stereocenters. The first kappa shape index (κ1) is 13.9. The number of hydrogen-bond donors (Lipinski definition) is 1. The van der Waals surface area contributed by atoms with Gasteiger partial charge in [-0.05, 0) is 14.0 Å². The smallest absolute Gasteiger partial charge is 0.306 e. The van der Waals surface area contributed by atoms with E-state index >= 15 is 0 Å². The van der Waals surface area contributed by atoms with Crippen molar-refractivity contribution in [3.63, 3.8) is 0 Å². The van der Waals surface area contributed by atoms with Crippen LogP contribution in [0.3, 0.4) is 0 Å². The van der Waals surface area contributed by atoms with E-state index in [1.165, 1.54) is 0 Å². The van der Waals surface area contributed by atoms with Gasteiger partial charge in [0.1, 0.15) is 0 Å². The normalized spacial score (nSPS) is 17.8. The maximum absolute atomic E-state index is 11.5. The van der Waals surface area contributed by atoms with E-state index < -0.39 is 0 Å². The Labute approximate surface area is 102 Å². The van der Waals surface area contributed by atoms with Crippen LogP contribution in [0.2, 0.25) is 0 Å². The summed E-state index contributed by atoms with van der Waals surface area (Å²) < 4.78 is 4.76. The highest BCUT2D eigenvalue weighted by Gasteiger charge is 2.16. The van der Waals surface area contributed by atoms with E-state index in [9.17, 15) is 9.59 Å². The summed E-state index contributed by atoms with van der Waals surface area (Å²) in [6.45, 7) is 5.64. The Hall–Kier alpha value is -1.14. The number of nitrogens with one attached hydrogen (secondary N) is 1. The van der Waals surface area contributed by atoms with Crippen LogP contribution in [0.4, 0.5) is 0 Å². The molecule has 0 unspecified atom stereocenters. The molecule has 0 bridgehead atoms. The lowest BCUT2D eigenvalue weighted by molar-refractivity contribution is -0.145. The number of carbonyl (C=O) groups excluding carboxylic acids is 2. The molecule has 1 aliphatic heterocycles. The van der Waals surface area contributed by atoms with E-state index in [1.54, 1.807) is 6.92 Å². The van der Waals surface area contributed by atoms with Crippen molar-refractivity contribution in [1.29, 1.82) is 0 Å². The van der Waals surface area contributed by atoms with Gasteiger partial charge >= 0.3 is 5.97 Å². The first-order valence-electron chi connectivity index (χ1n) is 6.00. The topological polar surface area (TPSA) is 61.9 Å². The number of ether oxygens (including phenoxy) is 1. The number of rotatable bonds is 5. The summed E-state index contributed by atoms with van der Waals surface area (Å²) >= 11 is 0. The summed E-state index contributed by atoms with van der Waals surface area (Å²) in [5.74, 6) is -0.441. The van der Waals surface area contributed by atoms with Gasteiger partial charge in [-0.25, -0.2) is 5.01 Å². The SMILES string of the molecule is CCOC(=O)CCC(=O)NN1CCN(C)CC1. The third-order valence-corrected chi connectivity index (χ3v) is 2.65. The van der Waals surface area contributed by atoms with Crippen molar-refractivity contribution < 1.29 is 14.3 Å². The molecule has 6 heteroatoms. The molecule has 1 N–H and O–H groups in total. The fourth-order valence-electron chi connectivity index (χ4n) is 1.60. The highest BCUT2D eigenvalue weighted by Crippen LogP contribution is 1.98. The Morgan fingerprint density at radius 1 is 1.18 bits per heavy atom. The standard InChI is InChI=1S/C11H21N3O3/c1-3-17-11(16)5-4-10(15)12-14-8-6-13(2)7-9-14/h3-9H2,1-2H3,(H,12,15). The van der Waals surface area contributed by atoms with Crippen LogP contribution in [0.25, 0.3) is 0 Å². The maximum atomic E-state index is 11.5. The maximum Gasteiger partial charge on any atom is 0.306 e. The largest absolute Gasteiger partial charge is 0.466 e. The van der Waals surface area contributed by atoms with E-state index in [0.29, 0.717) is 6.61 Å². The number of hydrazine groups is 1. The molecule has 0 radical (unpaired) electrons.